The summed E-state index contributed by atoms with van der Waals surface area (Å²) in [6.07, 6.45) is 0.998. The first kappa shape index (κ1) is 14.4. The van der Waals surface area contributed by atoms with Crippen molar-refractivity contribution in [3.63, 3.8) is 0 Å². The van der Waals surface area contributed by atoms with Gasteiger partial charge >= 0.3 is 0 Å². The van der Waals surface area contributed by atoms with Gasteiger partial charge in [0.2, 0.25) is 0 Å². The van der Waals surface area contributed by atoms with Crippen molar-refractivity contribution in [2.24, 2.45) is 5.73 Å². The molecule has 1 aromatic rings. The summed E-state index contributed by atoms with van der Waals surface area (Å²) in [5.74, 6) is 0. The van der Waals surface area contributed by atoms with Crippen LogP contribution in [0.3, 0.4) is 0 Å². The zero-order chi connectivity index (χ0) is 10.6. The maximum atomic E-state index is 6.11. The molecule has 0 fully saturated rings. The second-order valence-corrected chi connectivity index (χ2v) is 3.89. The SMILES string of the molecule is CCC(N)C(c1ccccc1)N(C)C.Cl. The number of benzene rings is 1. The molecule has 2 atom stereocenters. The fourth-order valence-electron chi connectivity index (χ4n) is 1.80. The summed E-state index contributed by atoms with van der Waals surface area (Å²) >= 11 is 0. The molecule has 0 heterocycles. The first-order valence-corrected chi connectivity index (χ1v) is 5.13. The van der Waals surface area contributed by atoms with Crippen LogP contribution >= 0.6 is 12.4 Å². The number of hydrogen-bond acceptors (Lipinski definition) is 2. The molecule has 0 saturated carbocycles. The van der Waals surface area contributed by atoms with Gasteiger partial charge in [0.15, 0.2) is 0 Å². The van der Waals surface area contributed by atoms with Gasteiger partial charge in [0, 0.05) is 12.1 Å². The van der Waals surface area contributed by atoms with Crippen LogP contribution in [-0.2, 0) is 0 Å². The lowest BCUT2D eigenvalue weighted by Crippen LogP contribution is -2.36. The van der Waals surface area contributed by atoms with Gasteiger partial charge in [0.05, 0.1) is 0 Å². The number of rotatable bonds is 4. The summed E-state index contributed by atoms with van der Waals surface area (Å²) in [5.41, 5.74) is 7.41. The summed E-state index contributed by atoms with van der Waals surface area (Å²) in [5, 5.41) is 0. The molecule has 3 heteroatoms. The van der Waals surface area contributed by atoms with E-state index in [4.69, 9.17) is 5.73 Å². The fraction of sp³-hybridized carbons (Fsp3) is 0.500. The van der Waals surface area contributed by atoms with E-state index in [0.29, 0.717) is 6.04 Å². The van der Waals surface area contributed by atoms with Crippen molar-refractivity contribution in [1.82, 2.24) is 4.90 Å². The zero-order valence-corrected chi connectivity index (χ0v) is 10.5. The third kappa shape index (κ3) is 3.82. The Hall–Kier alpha value is -0.570. The first-order valence-electron chi connectivity index (χ1n) is 5.13. The standard InChI is InChI=1S/C12H20N2.ClH/c1-4-11(13)12(14(2)3)10-8-6-5-7-9-10;/h5-9,11-12H,4,13H2,1-3H3;1H. The number of hydrogen-bond donors (Lipinski definition) is 1. The summed E-state index contributed by atoms with van der Waals surface area (Å²) < 4.78 is 0. The van der Waals surface area contributed by atoms with E-state index in [1.54, 1.807) is 0 Å². The summed E-state index contributed by atoms with van der Waals surface area (Å²) in [7, 11) is 4.15. The lowest BCUT2D eigenvalue weighted by Gasteiger charge is -2.29. The van der Waals surface area contributed by atoms with Crippen molar-refractivity contribution in [3.8, 4) is 0 Å². The van der Waals surface area contributed by atoms with Crippen molar-refractivity contribution in [2.75, 3.05) is 14.1 Å². The van der Waals surface area contributed by atoms with Crippen molar-refractivity contribution in [1.29, 1.82) is 0 Å². The normalized spacial score (nSPS) is 14.5. The highest BCUT2D eigenvalue weighted by Crippen LogP contribution is 2.21. The molecule has 0 radical (unpaired) electrons. The Kier molecular flexibility index (Phi) is 6.57. The number of halogens is 1. The molecule has 0 aromatic heterocycles. The second-order valence-electron chi connectivity index (χ2n) is 3.89. The Morgan fingerprint density at radius 1 is 1.20 bits per heavy atom. The largest absolute Gasteiger partial charge is 0.326 e. The van der Waals surface area contributed by atoms with E-state index in [0.717, 1.165) is 6.42 Å². The molecular formula is C12H21ClN2. The highest BCUT2D eigenvalue weighted by molar-refractivity contribution is 5.85. The summed E-state index contributed by atoms with van der Waals surface area (Å²) in [4.78, 5) is 2.18. The maximum absolute atomic E-state index is 6.11. The van der Waals surface area contributed by atoms with E-state index >= 15 is 0 Å². The van der Waals surface area contributed by atoms with Crippen molar-refractivity contribution >= 4 is 12.4 Å². The van der Waals surface area contributed by atoms with E-state index in [-0.39, 0.29) is 18.4 Å². The van der Waals surface area contributed by atoms with E-state index in [9.17, 15) is 0 Å². The molecule has 15 heavy (non-hydrogen) atoms. The molecule has 0 saturated heterocycles. The number of nitrogens with zero attached hydrogens (tertiary/aromatic N) is 1. The Morgan fingerprint density at radius 2 is 1.73 bits per heavy atom. The molecule has 0 amide bonds. The molecule has 2 N–H and O–H groups in total. The van der Waals surface area contributed by atoms with Crippen LogP contribution in [0.15, 0.2) is 30.3 Å². The van der Waals surface area contributed by atoms with Crippen molar-refractivity contribution < 1.29 is 0 Å². The summed E-state index contributed by atoms with van der Waals surface area (Å²) in [6.45, 7) is 2.13. The minimum Gasteiger partial charge on any atom is -0.326 e. The van der Waals surface area contributed by atoms with Crippen LogP contribution in [-0.4, -0.2) is 25.0 Å². The molecule has 2 unspecified atom stereocenters. The van der Waals surface area contributed by atoms with Gasteiger partial charge < -0.3 is 10.6 Å². The fourth-order valence-corrected chi connectivity index (χ4v) is 1.80. The topological polar surface area (TPSA) is 29.3 Å². The molecule has 0 aliphatic heterocycles. The Bertz CT molecular complexity index is 262. The second kappa shape index (κ2) is 6.83. The van der Waals surface area contributed by atoms with Crippen LogP contribution in [0.5, 0.6) is 0 Å². The Labute approximate surface area is 98.9 Å². The smallest absolute Gasteiger partial charge is 0.0493 e. The van der Waals surface area contributed by atoms with E-state index < -0.39 is 0 Å². The van der Waals surface area contributed by atoms with Crippen LogP contribution in [0, 0.1) is 0 Å². The van der Waals surface area contributed by atoms with Gasteiger partial charge in [-0.2, -0.15) is 0 Å². The molecule has 1 aromatic carbocycles. The lowest BCUT2D eigenvalue weighted by molar-refractivity contribution is 0.253. The van der Waals surface area contributed by atoms with E-state index in [2.05, 4.69) is 50.2 Å². The van der Waals surface area contributed by atoms with Crippen LogP contribution in [0.1, 0.15) is 24.9 Å². The zero-order valence-electron chi connectivity index (χ0n) is 9.68. The summed E-state index contributed by atoms with van der Waals surface area (Å²) in [6, 6.07) is 11.0. The quantitative estimate of drug-likeness (QED) is 0.858. The van der Waals surface area contributed by atoms with Gasteiger partial charge in [-0.3, -0.25) is 0 Å². The van der Waals surface area contributed by atoms with Gasteiger partial charge in [0.1, 0.15) is 0 Å². The number of nitrogens with two attached hydrogens (primary N) is 1. The van der Waals surface area contributed by atoms with Gasteiger partial charge in [-0.1, -0.05) is 37.3 Å². The molecule has 0 aliphatic rings. The first-order chi connectivity index (χ1) is 6.66. The van der Waals surface area contributed by atoms with Crippen molar-refractivity contribution in [2.45, 2.75) is 25.4 Å². The van der Waals surface area contributed by atoms with E-state index in [1.165, 1.54) is 5.56 Å². The Balaban J connectivity index is 0.00000196. The molecule has 2 nitrogen and oxygen atoms in total. The predicted octanol–water partition coefficient (Wildman–Crippen LogP) is 2.45. The number of likely N-dealkylation sites (N-methyl/N-ethyl adjacent to an activating group) is 1. The lowest BCUT2D eigenvalue weighted by atomic mass is 9.97. The van der Waals surface area contributed by atoms with Crippen LogP contribution in [0.25, 0.3) is 0 Å². The Morgan fingerprint density at radius 3 is 2.13 bits per heavy atom. The molecule has 0 bridgehead atoms. The van der Waals surface area contributed by atoms with Crippen molar-refractivity contribution in [3.05, 3.63) is 35.9 Å². The predicted molar refractivity (Wildman–Crippen MR) is 68.4 cm³/mol. The minimum absolute atomic E-state index is 0. The van der Waals surface area contributed by atoms with Gasteiger partial charge in [-0.25, -0.2) is 0 Å². The van der Waals surface area contributed by atoms with Crippen LogP contribution in [0.2, 0.25) is 0 Å². The average molecular weight is 229 g/mol. The third-order valence-electron chi connectivity index (χ3n) is 2.57. The highest BCUT2D eigenvalue weighted by Gasteiger charge is 2.19. The average Bonchev–Trinajstić information content (AvgIpc) is 2.19. The minimum atomic E-state index is 0. The third-order valence-corrected chi connectivity index (χ3v) is 2.57. The maximum Gasteiger partial charge on any atom is 0.0493 e. The van der Waals surface area contributed by atoms with Gasteiger partial charge in [-0.15, -0.1) is 12.4 Å². The van der Waals surface area contributed by atoms with Crippen LogP contribution < -0.4 is 5.73 Å². The van der Waals surface area contributed by atoms with E-state index in [1.807, 2.05) is 6.07 Å². The van der Waals surface area contributed by atoms with Crippen LogP contribution in [0.4, 0.5) is 0 Å². The van der Waals surface area contributed by atoms with Gasteiger partial charge in [-0.05, 0) is 26.1 Å². The molecule has 1 rings (SSSR count). The molecule has 0 aliphatic carbocycles. The van der Waals surface area contributed by atoms with Gasteiger partial charge in [0.25, 0.3) is 0 Å². The monoisotopic (exact) mass is 228 g/mol. The highest BCUT2D eigenvalue weighted by atomic mass is 35.5. The molecule has 0 spiro atoms. The molecule has 86 valence electrons. The molecular weight excluding hydrogens is 208 g/mol.